The quantitative estimate of drug-likeness (QED) is 0.191. The second kappa shape index (κ2) is 14.9. The number of nitrogens with one attached hydrogen (secondary N) is 2. The van der Waals surface area contributed by atoms with Crippen LogP contribution in [0.2, 0.25) is 0 Å². The van der Waals surface area contributed by atoms with Gasteiger partial charge in [-0.3, -0.25) is 4.99 Å². The van der Waals surface area contributed by atoms with E-state index >= 15 is 0 Å². The lowest BCUT2D eigenvalue weighted by molar-refractivity contribution is 0.0420. The maximum absolute atomic E-state index is 5.93. The molecule has 8 heteroatoms. The highest BCUT2D eigenvalue weighted by atomic mass is 127. The lowest BCUT2D eigenvalue weighted by Crippen LogP contribution is -2.37. The van der Waals surface area contributed by atoms with E-state index in [1.807, 2.05) is 48.5 Å². The highest BCUT2D eigenvalue weighted by molar-refractivity contribution is 14.0. The summed E-state index contributed by atoms with van der Waals surface area (Å²) in [4.78, 5) is 4.28. The van der Waals surface area contributed by atoms with E-state index in [4.69, 9.17) is 18.9 Å². The number of ether oxygens (including phenoxy) is 4. The molecular formula is C24H34IN3O4. The Hall–Kier alpha value is -2.04. The van der Waals surface area contributed by atoms with Crippen molar-refractivity contribution in [3.63, 3.8) is 0 Å². The van der Waals surface area contributed by atoms with E-state index in [0.717, 1.165) is 62.0 Å². The molecule has 0 aliphatic carbocycles. The molecule has 0 amide bonds. The molecule has 2 aromatic carbocycles. The van der Waals surface area contributed by atoms with Gasteiger partial charge in [0.15, 0.2) is 17.5 Å². The summed E-state index contributed by atoms with van der Waals surface area (Å²) in [7, 11) is 3.42. The molecule has 0 saturated carbocycles. The molecule has 3 rings (SSSR count). The Bertz CT molecular complexity index is 814. The third-order valence-electron chi connectivity index (χ3n) is 5.00. The summed E-state index contributed by atoms with van der Waals surface area (Å²) >= 11 is 0. The molecule has 1 aliphatic heterocycles. The lowest BCUT2D eigenvalue weighted by Gasteiger charge is -2.15. The molecule has 0 radical (unpaired) electrons. The van der Waals surface area contributed by atoms with Crippen LogP contribution in [0.15, 0.2) is 53.5 Å². The summed E-state index contributed by atoms with van der Waals surface area (Å²) < 4.78 is 22.5. The molecule has 1 fully saturated rings. The number of rotatable bonds is 11. The van der Waals surface area contributed by atoms with Crippen molar-refractivity contribution in [2.24, 2.45) is 4.99 Å². The normalized spacial score (nSPS) is 15.7. The van der Waals surface area contributed by atoms with Gasteiger partial charge in [-0.1, -0.05) is 36.4 Å². The third kappa shape index (κ3) is 8.84. The van der Waals surface area contributed by atoms with E-state index < -0.39 is 0 Å². The number of aliphatic imine (C=N–C) groups is 1. The molecule has 0 aromatic heterocycles. The van der Waals surface area contributed by atoms with Crippen LogP contribution in [-0.4, -0.2) is 52.6 Å². The minimum atomic E-state index is 0. The van der Waals surface area contributed by atoms with Gasteiger partial charge in [0.05, 0.1) is 19.8 Å². The molecular weight excluding hydrogens is 521 g/mol. The molecule has 0 bridgehead atoms. The number of hydrogen-bond donors (Lipinski definition) is 2. The summed E-state index contributed by atoms with van der Waals surface area (Å²) in [6, 6.07) is 16.0. The SMILES string of the molecule is CN=C(NCCCOC1CCOC1)NCc1ccc(OCc2ccccc2)c(OC)c1.I. The average Bonchev–Trinajstić information content (AvgIpc) is 3.34. The topological polar surface area (TPSA) is 73.3 Å². The highest BCUT2D eigenvalue weighted by Crippen LogP contribution is 2.28. The van der Waals surface area contributed by atoms with Crippen molar-refractivity contribution in [2.45, 2.75) is 32.1 Å². The first-order valence-corrected chi connectivity index (χ1v) is 10.8. The zero-order valence-corrected chi connectivity index (χ0v) is 21.2. The van der Waals surface area contributed by atoms with Crippen LogP contribution in [0, 0.1) is 0 Å². The highest BCUT2D eigenvalue weighted by Gasteiger charge is 2.15. The van der Waals surface area contributed by atoms with Crippen molar-refractivity contribution in [1.29, 1.82) is 0 Å². The van der Waals surface area contributed by atoms with Gasteiger partial charge in [0, 0.05) is 33.4 Å². The van der Waals surface area contributed by atoms with Gasteiger partial charge in [0.2, 0.25) is 0 Å². The molecule has 1 aliphatic rings. The van der Waals surface area contributed by atoms with Crippen LogP contribution in [0.1, 0.15) is 24.0 Å². The van der Waals surface area contributed by atoms with Gasteiger partial charge in [0.1, 0.15) is 6.61 Å². The molecule has 1 saturated heterocycles. The largest absolute Gasteiger partial charge is 0.493 e. The molecule has 0 spiro atoms. The van der Waals surface area contributed by atoms with Crippen LogP contribution in [0.5, 0.6) is 11.5 Å². The van der Waals surface area contributed by atoms with Gasteiger partial charge >= 0.3 is 0 Å². The van der Waals surface area contributed by atoms with Crippen LogP contribution in [0.25, 0.3) is 0 Å². The van der Waals surface area contributed by atoms with Gasteiger partial charge in [0.25, 0.3) is 0 Å². The van der Waals surface area contributed by atoms with Crippen LogP contribution in [0.3, 0.4) is 0 Å². The summed E-state index contributed by atoms with van der Waals surface area (Å²) in [5, 5.41) is 6.64. The Morgan fingerprint density at radius 2 is 1.94 bits per heavy atom. The zero-order chi connectivity index (χ0) is 21.7. The molecule has 1 heterocycles. The lowest BCUT2D eigenvalue weighted by atomic mass is 10.2. The number of guanidine groups is 1. The van der Waals surface area contributed by atoms with Crippen molar-refractivity contribution in [1.82, 2.24) is 10.6 Å². The number of nitrogens with zero attached hydrogens (tertiary/aromatic N) is 1. The maximum atomic E-state index is 5.93. The van der Waals surface area contributed by atoms with Gasteiger partial charge in [-0.05, 0) is 36.1 Å². The second-order valence-electron chi connectivity index (χ2n) is 7.32. The van der Waals surface area contributed by atoms with Gasteiger partial charge in [-0.25, -0.2) is 0 Å². The zero-order valence-electron chi connectivity index (χ0n) is 18.8. The first-order chi connectivity index (χ1) is 15.3. The Morgan fingerprint density at radius 1 is 1.09 bits per heavy atom. The molecule has 2 aromatic rings. The maximum Gasteiger partial charge on any atom is 0.191 e. The first-order valence-electron chi connectivity index (χ1n) is 10.8. The summed E-state index contributed by atoms with van der Waals surface area (Å²) in [6.07, 6.45) is 2.17. The number of methoxy groups -OCH3 is 1. The Balaban J connectivity index is 0.00000363. The van der Waals surface area contributed by atoms with Crippen molar-refractivity contribution in [3.05, 3.63) is 59.7 Å². The number of halogens is 1. The fourth-order valence-corrected chi connectivity index (χ4v) is 3.26. The van der Waals surface area contributed by atoms with Gasteiger partial charge in [-0.15, -0.1) is 24.0 Å². The van der Waals surface area contributed by atoms with E-state index in [2.05, 4.69) is 15.6 Å². The summed E-state index contributed by atoms with van der Waals surface area (Å²) in [5.41, 5.74) is 2.20. The Kier molecular flexibility index (Phi) is 12.2. The number of benzene rings is 2. The summed E-state index contributed by atoms with van der Waals surface area (Å²) in [5.74, 6) is 2.20. The van der Waals surface area contributed by atoms with Crippen LogP contribution in [-0.2, 0) is 22.6 Å². The summed E-state index contributed by atoms with van der Waals surface area (Å²) in [6.45, 7) is 4.18. The molecule has 2 N–H and O–H groups in total. The first kappa shape index (κ1) is 26.2. The van der Waals surface area contributed by atoms with E-state index in [1.54, 1.807) is 14.2 Å². The fraction of sp³-hybridized carbons (Fsp3) is 0.458. The predicted molar refractivity (Wildman–Crippen MR) is 137 cm³/mol. The molecule has 176 valence electrons. The molecule has 32 heavy (non-hydrogen) atoms. The van der Waals surface area contributed by atoms with Crippen LogP contribution in [0.4, 0.5) is 0 Å². The van der Waals surface area contributed by atoms with Crippen molar-refractivity contribution >= 4 is 29.9 Å². The predicted octanol–water partition coefficient (Wildman–Crippen LogP) is 3.75. The monoisotopic (exact) mass is 555 g/mol. The van der Waals surface area contributed by atoms with E-state index in [9.17, 15) is 0 Å². The van der Waals surface area contributed by atoms with E-state index in [-0.39, 0.29) is 30.1 Å². The molecule has 7 nitrogen and oxygen atoms in total. The minimum Gasteiger partial charge on any atom is -0.493 e. The van der Waals surface area contributed by atoms with Crippen molar-refractivity contribution in [3.8, 4) is 11.5 Å². The Morgan fingerprint density at radius 3 is 2.66 bits per heavy atom. The van der Waals surface area contributed by atoms with E-state index in [1.165, 1.54) is 0 Å². The number of hydrogen-bond acceptors (Lipinski definition) is 5. The average molecular weight is 555 g/mol. The van der Waals surface area contributed by atoms with Gasteiger partial charge in [-0.2, -0.15) is 0 Å². The van der Waals surface area contributed by atoms with Gasteiger partial charge < -0.3 is 29.6 Å². The molecule has 1 unspecified atom stereocenters. The fourth-order valence-electron chi connectivity index (χ4n) is 3.26. The third-order valence-corrected chi connectivity index (χ3v) is 5.00. The van der Waals surface area contributed by atoms with Crippen LogP contribution >= 0.6 is 24.0 Å². The smallest absolute Gasteiger partial charge is 0.191 e. The Labute approximate surface area is 207 Å². The molecule has 1 atom stereocenters. The van der Waals surface area contributed by atoms with Crippen molar-refractivity contribution < 1.29 is 18.9 Å². The van der Waals surface area contributed by atoms with Crippen LogP contribution < -0.4 is 20.1 Å². The minimum absolute atomic E-state index is 0. The van der Waals surface area contributed by atoms with E-state index in [0.29, 0.717) is 18.9 Å². The second-order valence-corrected chi connectivity index (χ2v) is 7.32. The van der Waals surface area contributed by atoms with Crippen molar-refractivity contribution in [2.75, 3.05) is 40.5 Å². The standard InChI is InChI=1S/C24H33N3O4.HI/c1-25-24(26-12-6-13-30-21-11-14-29-18-21)27-16-20-9-10-22(23(15-20)28-2)31-17-19-7-4-3-5-8-19;/h3-5,7-10,15,21H,6,11-14,16-18H2,1-2H3,(H2,25,26,27);1H.